The molecule has 1 heterocycles. The highest BCUT2D eigenvalue weighted by Crippen LogP contribution is 2.18. The smallest absolute Gasteiger partial charge is 0.270 e. The number of benzene rings is 2. The summed E-state index contributed by atoms with van der Waals surface area (Å²) in [4.78, 5) is 20.5. The molecule has 0 aliphatic heterocycles. The van der Waals surface area contributed by atoms with Crippen LogP contribution in [0.2, 0.25) is 0 Å². The molecular formula is C19H17FN4O2. The largest absolute Gasteiger partial charge is 0.496 e. The van der Waals surface area contributed by atoms with Gasteiger partial charge in [-0.25, -0.2) is 14.4 Å². The summed E-state index contributed by atoms with van der Waals surface area (Å²) in [6.07, 6.45) is 1.44. The normalized spacial score (nSPS) is 10.2. The van der Waals surface area contributed by atoms with E-state index in [9.17, 15) is 9.18 Å². The Hall–Kier alpha value is -3.48. The number of hydrogen-bond acceptors (Lipinski definition) is 5. The van der Waals surface area contributed by atoms with E-state index in [4.69, 9.17) is 4.74 Å². The Morgan fingerprint density at radius 1 is 1.12 bits per heavy atom. The molecule has 132 valence electrons. The van der Waals surface area contributed by atoms with E-state index in [1.54, 1.807) is 25.3 Å². The Morgan fingerprint density at radius 3 is 2.69 bits per heavy atom. The number of carbonyl (C=O) groups is 1. The van der Waals surface area contributed by atoms with Crippen molar-refractivity contribution in [1.82, 2.24) is 15.3 Å². The van der Waals surface area contributed by atoms with E-state index in [-0.39, 0.29) is 23.2 Å². The molecule has 0 aliphatic carbocycles. The zero-order chi connectivity index (χ0) is 18.4. The number of methoxy groups -OCH3 is 1. The minimum atomic E-state index is -0.429. The zero-order valence-corrected chi connectivity index (χ0v) is 14.1. The summed E-state index contributed by atoms with van der Waals surface area (Å²) in [6, 6.07) is 15.1. The molecule has 2 N–H and O–H groups in total. The number of para-hydroxylation sites is 2. The maximum atomic E-state index is 13.7. The lowest BCUT2D eigenvalue weighted by atomic mass is 10.2. The van der Waals surface area contributed by atoms with Crippen molar-refractivity contribution in [3.05, 3.63) is 77.9 Å². The van der Waals surface area contributed by atoms with Crippen molar-refractivity contribution in [1.29, 1.82) is 0 Å². The first-order valence-electron chi connectivity index (χ1n) is 7.92. The Kier molecular flexibility index (Phi) is 5.38. The molecule has 0 spiro atoms. The van der Waals surface area contributed by atoms with E-state index in [1.165, 1.54) is 18.3 Å². The van der Waals surface area contributed by atoms with Crippen molar-refractivity contribution in [3.8, 4) is 5.75 Å². The van der Waals surface area contributed by atoms with Crippen LogP contribution < -0.4 is 15.4 Å². The van der Waals surface area contributed by atoms with E-state index >= 15 is 0 Å². The van der Waals surface area contributed by atoms with Crippen LogP contribution in [0.5, 0.6) is 5.75 Å². The lowest BCUT2D eigenvalue weighted by Gasteiger charge is -2.10. The van der Waals surface area contributed by atoms with E-state index in [1.807, 2.05) is 24.3 Å². The average molecular weight is 352 g/mol. The number of anilines is 2. The average Bonchev–Trinajstić information content (AvgIpc) is 2.68. The number of ether oxygens (including phenoxy) is 1. The predicted octanol–water partition coefficient (Wildman–Crippen LogP) is 3.30. The summed E-state index contributed by atoms with van der Waals surface area (Å²) in [7, 11) is 1.58. The van der Waals surface area contributed by atoms with Crippen LogP contribution in [-0.4, -0.2) is 23.0 Å². The molecule has 6 nitrogen and oxygen atoms in total. The Labute approximate surface area is 150 Å². The van der Waals surface area contributed by atoms with Gasteiger partial charge in [-0.1, -0.05) is 30.3 Å². The maximum absolute atomic E-state index is 13.7. The van der Waals surface area contributed by atoms with Crippen molar-refractivity contribution in [3.63, 3.8) is 0 Å². The molecule has 0 radical (unpaired) electrons. The number of nitrogens with zero attached hydrogens (tertiary/aromatic N) is 2. The topological polar surface area (TPSA) is 76.1 Å². The highest BCUT2D eigenvalue weighted by molar-refractivity contribution is 5.92. The fourth-order valence-corrected chi connectivity index (χ4v) is 2.34. The van der Waals surface area contributed by atoms with Crippen LogP contribution in [0.3, 0.4) is 0 Å². The maximum Gasteiger partial charge on any atom is 0.270 e. The molecule has 26 heavy (non-hydrogen) atoms. The van der Waals surface area contributed by atoms with Gasteiger partial charge in [-0.15, -0.1) is 0 Å². The van der Waals surface area contributed by atoms with Gasteiger partial charge in [-0.05, 0) is 24.3 Å². The van der Waals surface area contributed by atoms with Gasteiger partial charge in [0.1, 0.15) is 17.3 Å². The number of carbonyl (C=O) groups excluding carboxylic acids is 1. The van der Waals surface area contributed by atoms with E-state index in [2.05, 4.69) is 20.6 Å². The molecule has 1 aromatic heterocycles. The molecule has 0 saturated heterocycles. The Bertz CT molecular complexity index is 917. The number of nitrogens with one attached hydrogen (secondary N) is 2. The third-order valence-electron chi connectivity index (χ3n) is 3.64. The van der Waals surface area contributed by atoms with E-state index < -0.39 is 5.82 Å². The highest BCUT2D eigenvalue weighted by Gasteiger charge is 2.11. The van der Waals surface area contributed by atoms with Crippen molar-refractivity contribution in [2.24, 2.45) is 0 Å². The van der Waals surface area contributed by atoms with Gasteiger partial charge >= 0.3 is 0 Å². The first-order valence-corrected chi connectivity index (χ1v) is 7.92. The summed E-state index contributed by atoms with van der Waals surface area (Å²) < 4.78 is 19.0. The highest BCUT2D eigenvalue weighted by atomic mass is 19.1. The zero-order valence-electron chi connectivity index (χ0n) is 14.1. The summed E-state index contributed by atoms with van der Waals surface area (Å²) in [5.74, 6) is 0.0365. The van der Waals surface area contributed by atoms with Crippen LogP contribution in [0.4, 0.5) is 16.0 Å². The van der Waals surface area contributed by atoms with Gasteiger partial charge in [0, 0.05) is 18.3 Å². The van der Waals surface area contributed by atoms with Crippen LogP contribution in [0.25, 0.3) is 0 Å². The number of halogens is 1. The molecule has 0 aliphatic rings. The third kappa shape index (κ3) is 4.13. The van der Waals surface area contributed by atoms with Gasteiger partial charge < -0.3 is 15.4 Å². The summed E-state index contributed by atoms with van der Waals surface area (Å²) in [6.45, 7) is 0.295. The molecule has 3 rings (SSSR count). The predicted molar refractivity (Wildman–Crippen MR) is 95.9 cm³/mol. The lowest BCUT2D eigenvalue weighted by Crippen LogP contribution is -2.24. The van der Waals surface area contributed by atoms with Crippen molar-refractivity contribution >= 4 is 17.5 Å². The van der Waals surface area contributed by atoms with Crippen molar-refractivity contribution in [2.45, 2.75) is 6.54 Å². The van der Waals surface area contributed by atoms with Gasteiger partial charge in [0.05, 0.1) is 12.8 Å². The molecule has 3 aromatic rings. The monoisotopic (exact) mass is 352 g/mol. The fourth-order valence-electron chi connectivity index (χ4n) is 2.34. The molecule has 0 fully saturated rings. The van der Waals surface area contributed by atoms with Crippen LogP contribution in [0, 0.1) is 5.82 Å². The second-order valence-corrected chi connectivity index (χ2v) is 5.36. The number of aromatic nitrogens is 2. The molecule has 0 saturated carbocycles. The van der Waals surface area contributed by atoms with Gasteiger partial charge in [-0.3, -0.25) is 4.79 Å². The summed E-state index contributed by atoms with van der Waals surface area (Å²) in [5.41, 5.74) is 1.26. The second kappa shape index (κ2) is 8.06. The Balaban J connectivity index is 1.69. The lowest BCUT2D eigenvalue weighted by molar-refractivity contribution is 0.0945. The Morgan fingerprint density at radius 2 is 1.88 bits per heavy atom. The molecule has 0 atom stereocenters. The van der Waals surface area contributed by atoms with Gasteiger partial charge in [0.2, 0.25) is 5.95 Å². The standard InChI is InChI=1S/C19H17FN4O2/c1-26-17-9-5-2-6-13(17)12-22-18(25)16-10-11-21-19(24-16)23-15-8-4-3-7-14(15)20/h2-11H,12H2,1H3,(H,22,25)(H,21,23,24). The molecule has 1 amide bonds. The molecule has 2 aromatic carbocycles. The quantitative estimate of drug-likeness (QED) is 0.712. The fraction of sp³-hybridized carbons (Fsp3) is 0.105. The SMILES string of the molecule is COc1ccccc1CNC(=O)c1ccnc(Nc2ccccc2F)n1. The minimum Gasteiger partial charge on any atom is -0.496 e. The van der Waals surface area contributed by atoms with E-state index in [0.717, 1.165) is 5.56 Å². The summed E-state index contributed by atoms with van der Waals surface area (Å²) in [5, 5.41) is 5.54. The van der Waals surface area contributed by atoms with Crippen molar-refractivity contribution < 1.29 is 13.9 Å². The third-order valence-corrected chi connectivity index (χ3v) is 3.64. The number of rotatable bonds is 6. The molecule has 0 bridgehead atoms. The van der Waals surface area contributed by atoms with Crippen LogP contribution in [-0.2, 0) is 6.54 Å². The van der Waals surface area contributed by atoms with E-state index in [0.29, 0.717) is 12.3 Å². The van der Waals surface area contributed by atoms with Crippen LogP contribution >= 0.6 is 0 Å². The first-order chi connectivity index (χ1) is 12.7. The van der Waals surface area contributed by atoms with Gasteiger partial charge in [0.25, 0.3) is 5.91 Å². The van der Waals surface area contributed by atoms with Gasteiger partial charge in [0.15, 0.2) is 0 Å². The van der Waals surface area contributed by atoms with Gasteiger partial charge in [-0.2, -0.15) is 0 Å². The molecule has 0 unspecified atom stereocenters. The minimum absolute atomic E-state index is 0.139. The van der Waals surface area contributed by atoms with Crippen molar-refractivity contribution in [2.75, 3.05) is 12.4 Å². The summed E-state index contributed by atoms with van der Waals surface area (Å²) >= 11 is 0. The molecule has 7 heteroatoms. The van der Waals surface area contributed by atoms with Crippen LogP contribution in [0.15, 0.2) is 60.8 Å². The van der Waals surface area contributed by atoms with Crippen LogP contribution in [0.1, 0.15) is 16.1 Å². The number of amides is 1. The molecular weight excluding hydrogens is 335 g/mol. The second-order valence-electron chi connectivity index (χ2n) is 5.36. The first kappa shape index (κ1) is 17.3. The number of hydrogen-bond donors (Lipinski definition) is 2.